The first-order valence-corrected chi connectivity index (χ1v) is 8.14. The number of hydrogen-bond acceptors (Lipinski definition) is 4. The van der Waals surface area contributed by atoms with Crippen molar-refractivity contribution in [2.24, 2.45) is 5.92 Å². The molecule has 2 aromatic carbocycles. The van der Waals surface area contributed by atoms with Crippen LogP contribution in [-0.2, 0) is 5.79 Å². The summed E-state index contributed by atoms with van der Waals surface area (Å²) in [4.78, 5) is 0. The van der Waals surface area contributed by atoms with E-state index in [1.54, 1.807) is 7.11 Å². The lowest BCUT2D eigenvalue weighted by Crippen LogP contribution is -2.47. The summed E-state index contributed by atoms with van der Waals surface area (Å²) in [6, 6.07) is 15.9. The zero-order chi connectivity index (χ0) is 15.7. The monoisotopic (exact) mass is 311 g/mol. The lowest BCUT2D eigenvalue weighted by Gasteiger charge is -2.38. The van der Waals surface area contributed by atoms with Gasteiger partial charge >= 0.3 is 0 Å². The van der Waals surface area contributed by atoms with E-state index in [4.69, 9.17) is 14.2 Å². The van der Waals surface area contributed by atoms with Crippen LogP contribution in [0, 0.1) is 5.92 Å². The second kappa shape index (κ2) is 5.78. The second-order valence-electron chi connectivity index (χ2n) is 6.07. The van der Waals surface area contributed by atoms with Crippen molar-refractivity contribution in [3.05, 3.63) is 54.1 Å². The van der Waals surface area contributed by atoms with Gasteiger partial charge in [0, 0.05) is 11.5 Å². The van der Waals surface area contributed by atoms with Gasteiger partial charge in [-0.3, -0.25) is 0 Å². The van der Waals surface area contributed by atoms with Crippen LogP contribution in [0.4, 0.5) is 0 Å². The molecule has 2 aromatic rings. The van der Waals surface area contributed by atoms with Crippen LogP contribution in [0.25, 0.3) is 0 Å². The summed E-state index contributed by atoms with van der Waals surface area (Å²) in [7, 11) is 1.68. The molecule has 4 nitrogen and oxygen atoms in total. The first-order valence-electron chi connectivity index (χ1n) is 8.14. The molecule has 0 radical (unpaired) electrons. The molecule has 1 saturated heterocycles. The minimum Gasteiger partial charge on any atom is -0.497 e. The molecule has 1 N–H and O–H groups in total. The van der Waals surface area contributed by atoms with E-state index in [1.165, 1.54) is 0 Å². The van der Waals surface area contributed by atoms with Crippen LogP contribution in [0.15, 0.2) is 48.5 Å². The predicted octanol–water partition coefficient (Wildman–Crippen LogP) is 3.32. The van der Waals surface area contributed by atoms with Gasteiger partial charge in [0.05, 0.1) is 7.11 Å². The van der Waals surface area contributed by atoms with Crippen molar-refractivity contribution in [3.63, 3.8) is 0 Å². The third-order valence-corrected chi connectivity index (χ3v) is 4.74. The van der Waals surface area contributed by atoms with Crippen LogP contribution in [0.3, 0.4) is 0 Å². The van der Waals surface area contributed by atoms with Gasteiger partial charge in [0.25, 0.3) is 5.79 Å². The third kappa shape index (κ3) is 2.43. The van der Waals surface area contributed by atoms with Crippen molar-refractivity contribution in [1.29, 1.82) is 0 Å². The van der Waals surface area contributed by atoms with E-state index in [-0.39, 0.29) is 0 Å². The molecule has 0 bridgehead atoms. The van der Waals surface area contributed by atoms with E-state index in [0.29, 0.717) is 5.92 Å². The summed E-state index contributed by atoms with van der Waals surface area (Å²) >= 11 is 0. The molecule has 4 heteroatoms. The number of fused-ring (bicyclic) bond motifs is 1. The van der Waals surface area contributed by atoms with Crippen LogP contribution >= 0.6 is 0 Å². The Morgan fingerprint density at radius 2 is 1.57 bits per heavy atom. The van der Waals surface area contributed by atoms with Gasteiger partial charge in [-0.05, 0) is 62.3 Å². The Hall–Kier alpha value is -2.20. The Balaban J connectivity index is 1.75. The van der Waals surface area contributed by atoms with E-state index >= 15 is 0 Å². The summed E-state index contributed by atoms with van der Waals surface area (Å²) in [6.07, 6.45) is 2.06. The fourth-order valence-corrected chi connectivity index (χ4v) is 3.51. The molecule has 0 aromatic heterocycles. The summed E-state index contributed by atoms with van der Waals surface area (Å²) in [5, 5.41) is 3.42. The van der Waals surface area contributed by atoms with Crippen LogP contribution in [-0.4, -0.2) is 20.2 Å². The molecule has 0 atom stereocenters. The van der Waals surface area contributed by atoms with Gasteiger partial charge in [-0.25, -0.2) is 0 Å². The summed E-state index contributed by atoms with van der Waals surface area (Å²) in [5.41, 5.74) is 1.04. The first-order chi connectivity index (χ1) is 11.3. The maximum absolute atomic E-state index is 6.40. The number of ether oxygens (including phenoxy) is 3. The average Bonchev–Trinajstić information content (AvgIpc) is 3.03. The van der Waals surface area contributed by atoms with Crippen molar-refractivity contribution in [2.75, 3.05) is 20.2 Å². The van der Waals surface area contributed by atoms with E-state index in [2.05, 4.69) is 5.32 Å². The molecule has 23 heavy (non-hydrogen) atoms. The predicted molar refractivity (Wildman–Crippen MR) is 88.0 cm³/mol. The first kappa shape index (κ1) is 14.4. The van der Waals surface area contributed by atoms with Crippen molar-refractivity contribution in [1.82, 2.24) is 5.32 Å². The largest absolute Gasteiger partial charge is 0.497 e. The van der Waals surface area contributed by atoms with Gasteiger partial charge < -0.3 is 19.5 Å². The molecular formula is C19H21NO3. The van der Waals surface area contributed by atoms with Gasteiger partial charge in [-0.15, -0.1) is 0 Å². The minimum absolute atomic E-state index is 0.310. The van der Waals surface area contributed by atoms with Gasteiger partial charge in [-0.2, -0.15) is 0 Å². The second-order valence-corrected chi connectivity index (χ2v) is 6.07. The number of piperidine rings is 1. The molecule has 1 fully saturated rings. The average molecular weight is 311 g/mol. The SMILES string of the molecule is COc1ccc(C2(C3CCNCC3)Oc3ccccc3O2)cc1. The van der Waals surface area contributed by atoms with E-state index in [1.807, 2.05) is 48.5 Å². The Morgan fingerprint density at radius 1 is 0.957 bits per heavy atom. The zero-order valence-electron chi connectivity index (χ0n) is 13.2. The highest BCUT2D eigenvalue weighted by Crippen LogP contribution is 2.49. The summed E-state index contributed by atoms with van der Waals surface area (Å²) in [6.45, 7) is 1.98. The molecule has 0 aliphatic carbocycles. The van der Waals surface area contributed by atoms with Crippen LogP contribution in [0.5, 0.6) is 17.2 Å². The van der Waals surface area contributed by atoms with Crippen LogP contribution < -0.4 is 19.5 Å². The lowest BCUT2D eigenvalue weighted by atomic mass is 9.84. The van der Waals surface area contributed by atoms with Gasteiger partial charge in [0.1, 0.15) is 5.75 Å². The molecule has 2 aliphatic rings. The number of benzene rings is 2. The highest BCUT2D eigenvalue weighted by Gasteiger charge is 2.50. The minimum atomic E-state index is -0.738. The molecule has 0 amide bonds. The molecule has 4 rings (SSSR count). The normalized spacial score (nSPS) is 19.5. The molecule has 2 aliphatic heterocycles. The van der Waals surface area contributed by atoms with Crippen molar-refractivity contribution in [2.45, 2.75) is 18.6 Å². The Labute approximate surface area is 136 Å². The Kier molecular flexibility index (Phi) is 3.62. The smallest absolute Gasteiger partial charge is 0.281 e. The number of nitrogens with one attached hydrogen (secondary N) is 1. The molecule has 0 spiro atoms. The van der Waals surface area contributed by atoms with Crippen molar-refractivity contribution < 1.29 is 14.2 Å². The topological polar surface area (TPSA) is 39.7 Å². The maximum Gasteiger partial charge on any atom is 0.281 e. The molecule has 120 valence electrons. The molecule has 0 unspecified atom stereocenters. The van der Waals surface area contributed by atoms with Gasteiger partial charge in [0.2, 0.25) is 0 Å². The summed E-state index contributed by atoms with van der Waals surface area (Å²) in [5.74, 6) is 2.05. The molecule has 2 heterocycles. The van der Waals surface area contributed by atoms with Crippen LogP contribution in [0.2, 0.25) is 0 Å². The highest BCUT2D eigenvalue weighted by molar-refractivity contribution is 5.45. The number of methoxy groups -OCH3 is 1. The van der Waals surface area contributed by atoms with Crippen LogP contribution in [0.1, 0.15) is 18.4 Å². The van der Waals surface area contributed by atoms with Gasteiger partial charge in [-0.1, -0.05) is 12.1 Å². The number of para-hydroxylation sites is 2. The number of hydrogen-bond donors (Lipinski definition) is 1. The molecule has 0 saturated carbocycles. The summed E-state index contributed by atoms with van der Waals surface area (Å²) < 4.78 is 18.1. The fourth-order valence-electron chi connectivity index (χ4n) is 3.51. The standard InChI is InChI=1S/C19H21NO3/c1-21-16-8-6-14(7-9-16)19(15-10-12-20-13-11-15)22-17-4-2-3-5-18(17)23-19/h2-9,15,20H,10-13H2,1H3. The Morgan fingerprint density at radius 3 is 2.13 bits per heavy atom. The number of rotatable bonds is 3. The van der Waals surface area contributed by atoms with E-state index in [0.717, 1.165) is 48.7 Å². The Bertz CT molecular complexity index is 652. The quantitative estimate of drug-likeness (QED) is 0.944. The van der Waals surface area contributed by atoms with Crippen molar-refractivity contribution >= 4 is 0 Å². The zero-order valence-corrected chi connectivity index (χ0v) is 13.2. The maximum atomic E-state index is 6.40. The molecular weight excluding hydrogens is 290 g/mol. The van der Waals surface area contributed by atoms with E-state index in [9.17, 15) is 0 Å². The fraction of sp³-hybridized carbons (Fsp3) is 0.368. The lowest BCUT2D eigenvalue weighted by molar-refractivity contribution is -0.142. The van der Waals surface area contributed by atoms with Gasteiger partial charge in [0.15, 0.2) is 11.5 Å². The third-order valence-electron chi connectivity index (χ3n) is 4.74. The van der Waals surface area contributed by atoms with Crippen molar-refractivity contribution in [3.8, 4) is 17.2 Å². The van der Waals surface area contributed by atoms with E-state index < -0.39 is 5.79 Å². The highest BCUT2D eigenvalue weighted by atomic mass is 16.7.